The van der Waals surface area contributed by atoms with Crippen LogP contribution in [0, 0.1) is 11.3 Å². The first kappa shape index (κ1) is 14.3. The van der Waals surface area contributed by atoms with Crippen LogP contribution in [0.4, 0.5) is 5.00 Å². The maximum atomic E-state index is 12.1. The maximum Gasteiger partial charge on any atom is 0.225 e. The molecule has 108 valence electrons. The summed E-state index contributed by atoms with van der Waals surface area (Å²) in [6, 6.07) is 4.28. The Morgan fingerprint density at radius 1 is 1.52 bits per heavy atom. The van der Waals surface area contributed by atoms with E-state index < -0.39 is 0 Å². The molecule has 6 heteroatoms. The Morgan fingerprint density at radius 3 is 3.19 bits per heavy atom. The number of hydrogen-bond acceptors (Lipinski definition) is 5. The number of amides is 1. The van der Waals surface area contributed by atoms with Crippen molar-refractivity contribution in [3.8, 4) is 6.07 Å². The molecule has 1 aliphatic rings. The van der Waals surface area contributed by atoms with Gasteiger partial charge in [-0.2, -0.15) is 16.6 Å². The van der Waals surface area contributed by atoms with Gasteiger partial charge in [-0.15, -0.1) is 11.3 Å². The van der Waals surface area contributed by atoms with E-state index in [9.17, 15) is 10.1 Å². The number of rotatable bonds is 4. The SMILES string of the molecule is N#Cc1c(NC(=O)CCc2ccsc2)sc2c1CCNC2. The summed E-state index contributed by atoms with van der Waals surface area (Å²) in [5.41, 5.74) is 2.94. The van der Waals surface area contributed by atoms with E-state index in [1.807, 2.05) is 11.4 Å². The zero-order valence-corrected chi connectivity index (χ0v) is 13.1. The van der Waals surface area contributed by atoms with Crippen molar-refractivity contribution in [2.45, 2.75) is 25.8 Å². The minimum Gasteiger partial charge on any atom is -0.317 e. The Balaban J connectivity index is 1.68. The second-order valence-electron chi connectivity index (χ2n) is 4.93. The number of nitriles is 1. The van der Waals surface area contributed by atoms with Crippen molar-refractivity contribution in [1.29, 1.82) is 5.26 Å². The van der Waals surface area contributed by atoms with Crippen molar-refractivity contribution < 1.29 is 4.79 Å². The molecule has 0 aromatic carbocycles. The molecule has 0 bridgehead atoms. The van der Waals surface area contributed by atoms with Gasteiger partial charge in [-0.3, -0.25) is 4.79 Å². The third-order valence-electron chi connectivity index (χ3n) is 3.51. The van der Waals surface area contributed by atoms with Crippen LogP contribution in [0.5, 0.6) is 0 Å². The molecule has 0 spiro atoms. The highest BCUT2D eigenvalue weighted by molar-refractivity contribution is 7.16. The van der Waals surface area contributed by atoms with E-state index in [4.69, 9.17) is 0 Å². The highest BCUT2D eigenvalue weighted by atomic mass is 32.1. The fraction of sp³-hybridized carbons (Fsp3) is 0.333. The number of aryl methyl sites for hydroxylation is 1. The molecule has 3 heterocycles. The van der Waals surface area contributed by atoms with Crippen LogP contribution in [-0.4, -0.2) is 12.5 Å². The fourth-order valence-electron chi connectivity index (χ4n) is 2.42. The monoisotopic (exact) mass is 317 g/mol. The predicted molar refractivity (Wildman–Crippen MR) is 85.7 cm³/mol. The minimum absolute atomic E-state index is 0.0238. The van der Waals surface area contributed by atoms with E-state index in [1.165, 1.54) is 21.8 Å². The van der Waals surface area contributed by atoms with E-state index in [2.05, 4.69) is 22.1 Å². The lowest BCUT2D eigenvalue weighted by Crippen LogP contribution is -2.22. The average molecular weight is 317 g/mol. The van der Waals surface area contributed by atoms with Crippen LogP contribution in [0.15, 0.2) is 16.8 Å². The molecule has 2 aromatic rings. The highest BCUT2D eigenvalue weighted by Crippen LogP contribution is 2.34. The summed E-state index contributed by atoms with van der Waals surface area (Å²) >= 11 is 3.16. The predicted octanol–water partition coefficient (Wildman–Crippen LogP) is 2.90. The van der Waals surface area contributed by atoms with Crippen LogP contribution in [0.3, 0.4) is 0 Å². The van der Waals surface area contributed by atoms with Gasteiger partial charge in [0, 0.05) is 17.8 Å². The molecule has 1 amide bonds. The summed E-state index contributed by atoms with van der Waals surface area (Å²) in [5, 5.41) is 20.3. The number of hydrogen-bond donors (Lipinski definition) is 2. The molecule has 0 radical (unpaired) electrons. The molecule has 1 aliphatic heterocycles. The minimum atomic E-state index is -0.0238. The molecule has 21 heavy (non-hydrogen) atoms. The van der Waals surface area contributed by atoms with Crippen molar-refractivity contribution in [2.24, 2.45) is 0 Å². The molecule has 2 N–H and O–H groups in total. The quantitative estimate of drug-likeness (QED) is 0.911. The number of fused-ring (bicyclic) bond motifs is 1. The topological polar surface area (TPSA) is 64.9 Å². The molecule has 0 aliphatic carbocycles. The third-order valence-corrected chi connectivity index (χ3v) is 5.39. The van der Waals surface area contributed by atoms with Crippen molar-refractivity contribution >= 4 is 33.6 Å². The third kappa shape index (κ3) is 3.16. The standard InChI is InChI=1S/C15H15N3OS2/c16-7-12-11-3-5-17-8-13(11)21-15(12)18-14(19)2-1-10-4-6-20-9-10/h4,6,9,17H,1-3,5,8H2,(H,18,19). The first-order chi connectivity index (χ1) is 10.3. The van der Waals surface area contributed by atoms with E-state index in [0.29, 0.717) is 17.0 Å². The normalized spacial score (nSPS) is 13.5. The van der Waals surface area contributed by atoms with E-state index >= 15 is 0 Å². The Kier molecular flexibility index (Phi) is 4.34. The van der Waals surface area contributed by atoms with Gasteiger partial charge in [-0.1, -0.05) is 0 Å². The van der Waals surface area contributed by atoms with Crippen LogP contribution < -0.4 is 10.6 Å². The van der Waals surface area contributed by atoms with Gasteiger partial charge in [-0.05, 0) is 47.3 Å². The number of anilines is 1. The highest BCUT2D eigenvalue weighted by Gasteiger charge is 2.21. The fourth-order valence-corrected chi connectivity index (χ4v) is 4.31. The van der Waals surface area contributed by atoms with Crippen LogP contribution in [-0.2, 0) is 24.2 Å². The number of carbonyl (C=O) groups excluding carboxylic acids is 1. The first-order valence-electron chi connectivity index (χ1n) is 6.84. The zero-order valence-electron chi connectivity index (χ0n) is 11.4. The summed E-state index contributed by atoms with van der Waals surface area (Å²) in [4.78, 5) is 13.2. The lowest BCUT2D eigenvalue weighted by atomic mass is 10.1. The van der Waals surface area contributed by atoms with Crippen molar-refractivity contribution in [1.82, 2.24) is 5.32 Å². The van der Waals surface area contributed by atoms with Gasteiger partial charge in [0.25, 0.3) is 0 Å². The molecule has 0 unspecified atom stereocenters. The van der Waals surface area contributed by atoms with Gasteiger partial charge < -0.3 is 10.6 Å². The van der Waals surface area contributed by atoms with Gasteiger partial charge >= 0.3 is 0 Å². The van der Waals surface area contributed by atoms with Gasteiger partial charge in [-0.25, -0.2) is 0 Å². The van der Waals surface area contributed by atoms with Gasteiger partial charge in [0.15, 0.2) is 0 Å². The molecule has 0 saturated heterocycles. The lowest BCUT2D eigenvalue weighted by Gasteiger charge is -2.11. The van der Waals surface area contributed by atoms with Crippen LogP contribution in [0.1, 0.15) is 28.0 Å². The van der Waals surface area contributed by atoms with Crippen molar-refractivity contribution in [3.05, 3.63) is 38.4 Å². The van der Waals surface area contributed by atoms with Gasteiger partial charge in [0.2, 0.25) is 5.91 Å². The molecule has 0 fully saturated rings. The Morgan fingerprint density at radius 2 is 2.43 bits per heavy atom. The summed E-state index contributed by atoms with van der Waals surface area (Å²) in [6.07, 6.45) is 2.05. The maximum absolute atomic E-state index is 12.1. The van der Waals surface area contributed by atoms with Gasteiger partial charge in [0.1, 0.15) is 11.1 Å². The molecular weight excluding hydrogens is 302 g/mol. The average Bonchev–Trinajstić information content (AvgIpc) is 3.12. The van der Waals surface area contributed by atoms with E-state index in [-0.39, 0.29) is 5.91 Å². The smallest absolute Gasteiger partial charge is 0.225 e. The molecule has 4 nitrogen and oxygen atoms in total. The van der Waals surface area contributed by atoms with Crippen LogP contribution >= 0.6 is 22.7 Å². The van der Waals surface area contributed by atoms with Gasteiger partial charge in [0.05, 0.1) is 5.56 Å². The number of carbonyl (C=O) groups is 1. The number of nitrogens with one attached hydrogen (secondary N) is 2. The molecule has 0 saturated carbocycles. The molecule has 3 rings (SSSR count). The lowest BCUT2D eigenvalue weighted by molar-refractivity contribution is -0.116. The molecule has 0 atom stereocenters. The summed E-state index contributed by atoms with van der Waals surface area (Å²) in [6.45, 7) is 1.68. The van der Waals surface area contributed by atoms with E-state index in [1.54, 1.807) is 11.3 Å². The number of nitrogens with zero attached hydrogens (tertiary/aromatic N) is 1. The van der Waals surface area contributed by atoms with E-state index in [0.717, 1.165) is 31.5 Å². The number of thiophene rings is 2. The largest absolute Gasteiger partial charge is 0.317 e. The Labute approximate surface area is 131 Å². The van der Waals surface area contributed by atoms with Crippen LogP contribution in [0.2, 0.25) is 0 Å². The summed E-state index contributed by atoms with van der Waals surface area (Å²) in [7, 11) is 0. The van der Waals surface area contributed by atoms with Crippen molar-refractivity contribution in [2.75, 3.05) is 11.9 Å². The van der Waals surface area contributed by atoms with Crippen molar-refractivity contribution in [3.63, 3.8) is 0 Å². The summed E-state index contributed by atoms with van der Waals surface area (Å²) < 4.78 is 0. The first-order valence-corrected chi connectivity index (χ1v) is 8.60. The second kappa shape index (κ2) is 6.39. The summed E-state index contributed by atoms with van der Waals surface area (Å²) in [5.74, 6) is -0.0238. The Hall–Kier alpha value is -1.68. The molecule has 2 aromatic heterocycles. The second-order valence-corrected chi connectivity index (χ2v) is 6.81. The zero-order chi connectivity index (χ0) is 14.7. The van der Waals surface area contributed by atoms with Crippen LogP contribution in [0.25, 0.3) is 0 Å². The molecular formula is C15H15N3OS2. The Bertz CT molecular complexity index is 683.